The molecule has 0 atom stereocenters. The van der Waals surface area contributed by atoms with Crippen molar-refractivity contribution in [3.05, 3.63) is 186 Å². The Morgan fingerprint density at radius 3 is 1.38 bits per heavy atom. The van der Waals surface area contributed by atoms with E-state index in [1.807, 2.05) is 30.3 Å². The Hall–Kier alpha value is -5.10. The van der Waals surface area contributed by atoms with Gasteiger partial charge in [-0.25, -0.2) is 0 Å². The second kappa shape index (κ2) is 14.8. The van der Waals surface area contributed by atoms with Gasteiger partial charge in [-0.15, -0.1) is 0 Å². The summed E-state index contributed by atoms with van der Waals surface area (Å²) in [5.74, 6) is 2.42. The minimum atomic E-state index is -2.84. The molecule has 0 spiro atoms. The molecular weight excluding hydrogens is 633 g/mol. The lowest BCUT2D eigenvalue weighted by Gasteiger charge is -2.43. The molecule has 0 heterocycles. The smallest absolute Gasteiger partial charge is 0.319 e. The topological polar surface area (TPSA) is 36.9 Å². The van der Waals surface area contributed by atoms with Crippen LogP contribution in [0.5, 0.6) is 17.2 Å². The molecule has 0 aliphatic carbocycles. The van der Waals surface area contributed by atoms with Crippen LogP contribution >= 0.6 is 0 Å². The molecule has 4 nitrogen and oxygen atoms in total. The van der Waals surface area contributed by atoms with E-state index in [1.54, 1.807) is 14.2 Å². The van der Waals surface area contributed by atoms with Crippen LogP contribution in [0.1, 0.15) is 48.6 Å². The van der Waals surface area contributed by atoms with Gasteiger partial charge in [0, 0.05) is 0 Å². The maximum Gasteiger partial charge on any atom is 0.319 e. The Morgan fingerprint density at radius 1 is 0.500 bits per heavy atom. The quantitative estimate of drug-likeness (QED) is 0.0955. The van der Waals surface area contributed by atoms with Crippen molar-refractivity contribution in [1.82, 2.24) is 0 Å². The summed E-state index contributed by atoms with van der Waals surface area (Å²) >= 11 is 0. The Labute approximate surface area is 298 Å². The minimum Gasteiger partial charge on any atom is -0.534 e. The van der Waals surface area contributed by atoms with Gasteiger partial charge in [-0.05, 0) is 86.6 Å². The van der Waals surface area contributed by atoms with E-state index in [4.69, 9.17) is 18.6 Å². The summed E-state index contributed by atoms with van der Waals surface area (Å²) in [5, 5.41) is 2.31. The van der Waals surface area contributed by atoms with Crippen LogP contribution in [0.2, 0.25) is 5.04 Å². The summed E-state index contributed by atoms with van der Waals surface area (Å²) in [7, 11) is 0.532. The highest BCUT2D eigenvalue weighted by Crippen LogP contribution is 2.43. The first kappa shape index (κ1) is 34.7. The van der Waals surface area contributed by atoms with Crippen molar-refractivity contribution < 1.29 is 18.6 Å². The van der Waals surface area contributed by atoms with Gasteiger partial charge in [0.15, 0.2) is 0 Å². The highest BCUT2D eigenvalue weighted by atomic mass is 28.4. The lowest BCUT2D eigenvalue weighted by atomic mass is 9.80. The Kier molecular flexibility index (Phi) is 10.3. The number of methoxy groups -OCH3 is 2. The molecule has 254 valence electrons. The summed E-state index contributed by atoms with van der Waals surface area (Å²) in [6, 6.07) is 54.7. The Balaban J connectivity index is 1.46. The zero-order valence-corrected chi connectivity index (χ0v) is 30.9. The van der Waals surface area contributed by atoms with Gasteiger partial charge < -0.3 is 18.6 Å². The molecule has 0 unspecified atom stereocenters. The molecule has 5 heteroatoms. The van der Waals surface area contributed by atoms with E-state index in [2.05, 4.69) is 155 Å². The second-order valence-corrected chi connectivity index (χ2v) is 17.9. The van der Waals surface area contributed by atoms with Crippen molar-refractivity contribution in [3.8, 4) is 17.2 Å². The first-order valence-electron chi connectivity index (χ1n) is 17.1. The van der Waals surface area contributed by atoms with Crippen LogP contribution in [0, 0.1) is 6.92 Å². The fourth-order valence-corrected chi connectivity index (χ4v) is 11.5. The molecule has 0 aromatic heterocycles. The first-order chi connectivity index (χ1) is 24.2. The number of hydrogen-bond acceptors (Lipinski definition) is 4. The number of benzene rings is 6. The largest absolute Gasteiger partial charge is 0.534 e. The van der Waals surface area contributed by atoms with Crippen LogP contribution in [-0.2, 0) is 16.9 Å². The van der Waals surface area contributed by atoms with Crippen LogP contribution in [0.15, 0.2) is 158 Å². The fourth-order valence-electron chi connectivity index (χ4n) is 7.06. The third-order valence-electron chi connectivity index (χ3n) is 9.43. The maximum atomic E-state index is 7.45. The molecule has 0 aliphatic rings. The molecule has 0 fully saturated rings. The number of hydrogen-bond donors (Lipinski definition) is 0. The molecule has 6 rings (SSSR count). The summed E-state index contributed by atoms with van der Waals surface area (Å²) in [6.07, 6.45) is 0. The molecule has 0 amide bonds. The zero-order valence-electron chi connectivity index (χ0n) is 29.9. The first-order valence-corrected chi connectivity index (χ1v) is 19.0. The molecule has 0 radical (unpaired) electrons. The van der Waals surface area contributed by atoms with Gasteiger partial charge >= 0.3 is 8.32 Å². The highest BCUT2D eigenvalue weighted by molar-refractivity contribution is 7.00. The predicted octanol–water partition coefficient (Wildman–Crippen LogP) is 9.46. The molecule has 0 saturated carbocycles. The molecule has 6 aromatic carbocycles. The van der Waals surface area contributed by atoms with Crippen molar-refractivity contribution in [3.63, 3.8) is 0 Å². The SMILES string of the molecule is COc1ccc(C(OCc2cc(C)cc(O[Si](c3ccccc3)(c3ccccc3)C(C)(C)C)c2)(c2ccccc2)c2ccc(OC)cc2)cc1. The van der Waals surface area contributed by atoms with Gasteiger partial charge in [0.25, 0.3) is 0 Å². The van der Waals surface area contributed by atoms with Gasteiger partial charge in [0.1, 0.15) is 22.8 Å². The van der Waals surface area contributed by atoms with Crippen LogP contribution in [0.3, 0.4) is 0 Å². The van der Waals surface area contributed by atoms with Crippen LogP contribution in [0.25, 0.3) is 0 Å². The third-order valence-corrected chi connectivity index (χ3v) is 14.4. The summed E-state index contributed by atoms with van der Waals surface area (Å²) < 4.78 is 25.8. The molecule has 0 aliphatic heterocycles. The van der Waals surface area contributed by atoms with E-state index < -0.39 is 13.9 Å². The molecule has 0 saturated heterocycles. The van der Waals surface area contributed by atoms with Crippen molar-refractivity contribution in [2.24, 2.45) is 0 Å². The summed E-state index contributed by atoms with van der Waals surface area (Å²) in [5.41, 5.74) is 4.21. The van der Waals surface area contributed by atoms with E-state index in [1.165, 1.54) is 10.4 Å². The van der Waals surface area contributed by atoms with Crippen molar-refractivity contribution in [2.45, 2.75) is 44.9 Å². The van der Waals surface area contributed by atoms with Crippen molar-refractivity contribution >= 4 is 18.7 Å². The van der Waals surface area contributed by atoms with Gasteiger partial charge in [0.05, 0.1) is 20.8 Å². The van der Waals surface area contributed by atoms with Crippen molar-refractivity contribution in [1.29, 1.82) is 0 Å². The standard InChI is InChI=1S/C45H46O4Si/c1-34-30-35(32-41(31-34)49-50(44(2,3)4,42-18-12-8-13-19-42)43-20-14-9-15-21-43)33-48-45(36-16-10-7-11-17-36,37-22-26-39(46-5)27-23-37)38-24-28-40(47-6)29-25-38/h7-32H,33H2,1-6H3. The number of rotatable bonds is 12. The Bertz CT molecular complexity index is 1880. The van der Waals surface area contributed by atoms with E-state index in [0.29, 0.717) is 6.61 Å². The van der Waals surface area contributed by atoms with Gasteiger partial charge in [-0.2, -0.15) is 0 Å². The van der Waals surface area contributed by atoms with Crippen LogP contribution in [0.4, 0.5) is 0 Å². The van der Waals surface area contributed by atoms with E-state index in [-0.39, 0.29) is 5.04 Å². The zero-order chi connectivity index (χ0) is 35.2. The average molecular weight is 679 g/mol. The molecular formula is C45H46O4Si. The van der Waals surface area contributed by atoms with Crippen LogP contribution < -0.4 is 24.3 Å². The van der Waals surface area contributed by atoms with E-state index >= 15 is 0 Å². The fraction of sp³-hybridized carbons (Fsp3) is 0.200. The average Bonchev–Trinajstić information content (AvgIpc) is 3.15. The molecule has 0 bridgehead atoms. The maximum absolute atomic E-state index is 7.45. The summed E-state index contributed by atoms with van der Waals surface area (Å²) in [4.78, 5) is 0. The molecule has 0 N–H and O–H groups in total. The van der Waals surface area contributed by atoms with Crippen molar-refractivity contribution in [2.75, 3.05) is 14.2 Å². The summed E-state index contributed by atoms with van der Waals surface area (Å²) in [6.45, 7) is 9.37. The normalized spacial score (nSPS) is 12.0. The second-order valence-electron chi connectivity index (χ2n) is 13.7. The predicted molar refractivity (Wildman–Crippen MR) is 207 cm³/mol. The lowest BCUT2D eigenvalue weighted by molar-refractivity contribution is 0.000127. The van der Waals surface area contributed by atoms with E-state index in [9.17, 15) is 0 Å². The van der Waals surface area contributed by atoms with Crippen LogP contribution in [-0.4, -0.2) is 22.5 Å². The third kappa shape index (κ3) is 6.84. The number of aryl methyl sites for hydroxylation is 1. The van der Waals surface area contributed by atoms with Gasteiger partial charge in [-0.3, -0.25) is 0 Å². The number of ether oxygens (including phenoxy) is 3. The lowest BCUT2D eigenvalue weighted by Crippen LogP contribution is -2.68. The molecule has 50 heavy (non-hydrogen) atoms. The minimum absolute atomic E-state index is 0.165. The Morgan fingerprint density at radius 2 is 0.940 bits per heavy atom. The van der Waals surface area contributed by atoms with E-state index in [0.717, 1.165) is 45.1 Å². The highest BCUT2D eigenvalue weighted by Gasteiger charge is 2.52. The van der Waals surface area contributed by atoms with Gasteiger partial charge in [0.2, 0.25) is 0 Å². The van der Waals surface area contributed by atoms with Gasteiger partial charge in [-0.1, -0.05) is 142 Å². The molecule has 6 aromatic rings. The monoisotopic (exact) mass is 678 g/mol.